The molecule has 7 nitrogen and oxygen atoms in total. The molecule has 2 amide bonds. The van der Waals surface area contributed by atoms with Crippen molar-refractivity contribution in [1.82, 2.24) is 5.43 Å². The largest absolute Gasteiger partial charge is 0.483 e. The van der Waals surface area contributed by atoms with Crippen molar-refractivity contribution in [2.24, 2.45) is 5.10 Å². The molecule has 7 heteroatoms. The molecule has 0 radical (unpaired) electrons. The molecular formula is C23H27N3O4. The van der Waals surface area contributed by atoms with Gasteiger partial charge in [0, 0.05) is 23.4 Å². The maximum Gasteiger partial charge on any atom is 0.277 e. The van der Waals surface area contributed by atoms with Crippen molar-refractivity contribution < 1.29 is 19.4 Å². The third kappa shape index (κ3) is 4.52. The number of hydrogen-bond acceptors (Lipinski definition) is 5. The molecule has 0 saturated carbocycles. The molecule has 0 aromatic heterocycles. The number of benzene rings is 2. The summed E-state index contributed by atoms with van der Waals surface area (Å²) in [6.45, 7) is 7.56. The third-order valence-corrected chi connectivity index (χ3v) is 5.12. The van der Waals surface area contributed by atoms with Gasteiger partial charge in [-0.2, -0.15) is 5.10 Å². The van der Waals surface area contributed by atoms with Gasteiger partial charge in [-0.05, 0) is 43.0 Å². The highest BCUT2D eigenvalue weighted by molar-refractivity contribution is 6.07. The Kier molecular flexibility index (Phi) is 6.22. The lowest BCUT2D eigenvalue weighted by atomic mass is 9.90. The van der Waals surface area contributed by atoms with Crippen molar-refractivity contribution in [2.45, 2.75) is 45.6 Å². The summed E-state index contributed by atoms with van der Waals surface area (Å²) in [5.74, 6) is 0.0868. The average Bonchev–Trinajstić information content (AvgIpc) is 2.95. The molecule has 0 aliphatic carbocycles. The molecule has 0 bridgehead atoms. The van der Waals surface area contributed by atoms with Gasteiger partial charge in [0.15, 0.2) is 12.2 Å². The number of hydrazone groups is 1. The van der Waals surface area contributed by atoms with E-state index in [0.29, 0.717) is 28.6 Å². The Morgan fingerprint density at radius 3 is 2.73 bits per heavy atom. The Bertz CT molecular complexity index is 1000. The highest BCUT2D eigenvalue weighted by Gasteiger charge is 2.45. The zero-order valence-corrected chi connectivity index (χ0v) is 17.7. The van der Waals surface area contributed by atoms with Gasteiger partial charge in [-0.15, -0.1) is 0 Å². The Labute approximate surface area is 176 Å². The standard InChI is InChI=1S/C23H27N3O4/c1-14(2)17-10-9-15(3)20(11-17)30-13-21(27)26-25-16(4)12-23(29)18-7-5-6-8-19(18)24-22(23)28/h5-11,14,29H,12-13H2,1-4H3,(H,24,28)(H,26,27)/b25-16+. The first-order valence-corrected chi connectivity index (χ1v) is 9.89. The summed E-state index contributed by atoms with van der Waals surface area (Å²) in [5, 5.41) is 17.6. The summed E-state index contributed by atoms with van der Waals surface area (Å²) < 4.78 is 5.64. The lowest BCUT2D eigenvalue weighted by Gasteiger charge is -2.20. The topological polar surface area (TPSA) is 100 Å². The number of carbonyl (C=O) groups excluding carboxylic acids is 2. The predicted molar refractivity (Wildman–Crippen MR) is 116 cm³/mol. The molecule has 30 heavy (non-hydrogen) atoms. The molecule has 0 spiro atoms. The molecule has 1 atom stereocenters. The van der Waals surface area contributed by atoms with Crippen molar-refractivity contribution in [1.29, 1.82) is 0 Å². The van der Waals surface area contributed by atoms with Gasteiger partial charge in [0.25, 0.3) is 11.8 Å². The number of ether oxygens (including phenoxy) is 1. The van der Waals surface area contributed by atoms with Crippen LogP contribution in [-0.4, -0.2) is 29.2 Å². The van der Waals surface area contributed by atoms with Crippen LogP contribution in [0.3, 0.4) is 0 Å². The van der Waals surface area contributed by atoms with Gasteiger partial charge in [-0.3, -0.25) is 9.59 Å². The zero-order chi connectivity index (χ0) is 21.9. The smallest absolute Gasteiger partial charge is 0.277 e. The Morgan fingerprint density at radius 1 is 1.27 bits per heavy atom. The molecule has 1 heterocycles. The second-order valence-corrected chi connectivity index (χ2v) is 7.89. The second kappa shape index (κ2) is 8.67. The quantitative estimate of drug-likeness (QED) is 0.483. The number of aliphatic hydroxyl groups is 1. The molecule has 0 saturated heterocycles. The van der Waals surface area contributed by atoms with Crippen LogP contribution in [0.4, 0.5) is 5.69 Å². The van der Waals surface area contributed by atoms with Gasteiger partial charge in [0.2, 0.25) is 0 Å². The van der Waals surface area contributed by atoms with Gasteiger partial charge in [-0.25, -0.2) is 5.43 Å². The van der Waals surface area contributed by atoms with Crippen LogP contribution in [-0.2, 0) is 15.2 Å². The predicted octanol–water partition coefficient (Wildman–Crippen LogP) is 3.22. The Balaban J connectivity index is 1.59. The summed E-state index contributed by atoms with van der Waals surface area (Å²) in [6.07, 6.45) is -0.0352. The fraction of sp³-hybridized carbons (Fsp3) is 0.348. The van der Waals surface area contributed by atoms with Crippen molar-refractivity contribution in [3.8, 4) is 5.75 Å². The minimum Gasteiger partial charge on any atom is -0.483 e. The van der Waals surface area contributed by atoms with Gasteiger partial charge in [-0.1, -0.05) is 44.2 Å². The van der Waals surface area contributed by atoms with E-state index in [4.69, 9.17) is 4.74 Å². The van der Waals surface area contributed by atoms with Crippen LogP contribution in [0, 0.1) is 6.92 Å². The molecule has 1 aliphatic heterocycles. The summed E-state index contributed by atoms with van der Waals surface area (Å²) >= 11 is 0. The van der Waals surface area contributed by atoms with Crippen LogP contribution in [0.25, 0.3) is 0 Å². The lowest BCUT2D eigenvalue weighted by Crippen LogP contribution is -2.36. The van der Waals surface area contributed by atoms with E-state index in [1.165, 1.54) is 0 Å². The van der Waals surface area contributed by atoms with E-state index in [9.17, 15) is 14.7 Å². The summed E-state index contributed by atoms with van der Waals surface area (Å²) in [5.41, 5.74) is 4.28. The van der Waals surface area contributed by atoms with Gasteiger partial charge >= 0.3 is 0 Å². The van der Waals surface area contributed by atoms with E-state index in [1.807, 2.05) is 25.1 Å². The summed E-state index contributed by atoms with van der Waals surface area (Å²) in [7, 11) is 0. The fourth-order valence-electron chi connectivity index (χ4n) is 3.35. The highest BCUT2D eigenvalue weighted by atomic mass is 16.5. The fourth-order valence-corrected chi connectivity index (χ4v) is 3.35. The second-order valence-electron chi connectivity index (χ2n) is 7.89. The molecular weight excluding hydrogens is 382 g/mol. The first kappa shape index (κ1) is 21.5. The van der Waals surface area contributed by atoms with Crippen LogP contribution in [0.15, 0.2) is 47.6 Å². The normalized spacial score (nSPS) is 18.2. The molecule has 1 aliphatic rings. The number of fused-ring (bicyclic) bond motifs is 1. The summed E-state index contributed by atoms with van der Waals surface area (Å²) in [4.78, 5) is 24.4. The number of carbonyl (C=O) groups is 2. The monoisotopic (exact) mass is 409 g/mol. The number of aryl methyl sites for hydroxylation is 1. The summed E-state index contributed by atoms with van der Waals surface area (Å²) in [6, 6.07) is 12.9. The van der Waals surface area contributed by atoms with Crippen LogP contribution in [0.5, 0.6) is 5.75 Å². The lowest BCUT2D eigenvalue weighted by molar-refractivity contribution is -0.132. The molecule has 3 rings (SSSR count). The minimum atomic E-state index is -1.71. The molecule has 158 valence electrons. The van der Waals surface area contributed by atoms with E-state index >= 15 is 0 Å². The number of nitrogens with one attached hydrogen (secondary N) is 2. The number of nitrogens with zero attached hydrogens (tertiary/aromatic N) is 1. The molecule has 3 N–H and O–H groups in total. The first-order valence-electron chi connectivity index (χ1n) is 9.89. The maximum absolute atomic E-state index is 12.3. The Morgan fingerprint density at radius 2 is 2.00 bits per heavy atom. The maximum atomic E-state index is 12.3. The number of para-hydroxylation sites is 1. The van der Waals surface area contributed by atoms with Crippen LogP contribution in [0.2, 0.25) is 0 Å². The van der Waals surface area contributed by atoms with E-state index in [1.54, 1.807) is 31.2 Å². The Hall–Kier alpha value is -3.19. The van der Waals surface area contributed by atoms with E-state index in [0.717, 1.165) is 11.1 Å². The van der Waals surface area contributed by atoms with Crippen molar-refractivity contribution >= 4 is 23.2 Å². The first-order chi connectivity index (χ1) is 14.2. The van der Waals surface area contributed by atoms with Gasteiger partial charge in [0.05, 0.1) is 0 Å². The van der Waals surface area contributed by atoms with Gasteiger partial charge in [0.1, 0.15) is 5.75 Å². The van der Waals surface area contributed by atoms with E-state index in [-0.39, 0.29) is 13.0 Å². The molecule has 0 fully saturated rings. The zero-order valence-electron chi connectivity index (χ0n) is 17.7. The molecule has 1 unspecified atom stereocenters. The SMILES string of the molecule is C/C(CC1(O)C(=O)Nc2ccccc21)=N\NC(=O)COc1cc(C(C)C)ccc1C. The molecule has 2 aromatic rings. The van der Waals surface area contributed by atoms with Crippen molar-refractivity contribution in [3.05, 3.63) is 59.2 Å². The van der Waals surface area contributed by atoms with E-state index < -0.39 is 17.4 Å². The average molecular weight is 409 g/mol. The minimum absolute atomic E-state index is 0.0352. The number of hydrogen-bond donors (Lipinski definition) is 3. The van der Waals surface area contributed by atoms with E-state index in [2.05, 4.69) is 29.7 Å². The number of rotatable bonds is 7. The van der Waals surface area contributed by atoms with Crippen molar-refractivity contribution in [3.63, 3.8) is 0 Å². The highest BCUT2D eigenvalue weighted by Crippen LogP contribution is 2.38. The van der Waals surface area contributed by atoms with Crippen molar-refractivity contribution in [2.75, 3.05) is 11.9 Å². The van der Waals surface area contributed by atoms with Crippen LogP contribution < -0.4 is 15.5 Å². The molecule has 2 aromatic carbocycles. The third-order valence-electron chi connectivity index (χ3n) is 5.12. The van der Waals surface area contributed by atoms with Crippen LogP contribution in [0.1, 0.15) is 49.8 Å². The number of anilines is 1. The van der Waals surface area contributed by atoms with Crippen LogP contribution >= 0.6 is 0 Å². The number of amides is 2. The van der Waals surface area contributed by atoms with Gasteiger partial charge < -0.3 is 15.2 Å².